The Morgan fingerprint density at radius 1 is 1.56 bits per heavy atom. The molecule has 1 fully saturated rings. The Kier molecular flexibility index (Phi) is 4.15. The van der Waals surface area contributed by atoms with Crippen molar-refractivity contribution in [2.45, 2.75) is 31.8 Å². The van der Waals surface area contributed by atoms with Gasteiger partial charge in [-0.2, -0.15) is 0 Å². The van der Waals surface area contributed by atoms with Crippen LogP contribution < -0.4 is 16.0 Å². The second-order valence-corrected chi connectivity index (χ2v) is 4.64. The van der Waals surface area contributed by atoms with E-state index < -0.39 is 0 Å². The Balaban J connectivity index is 2.06. The number of carbonyl (C=O) groups is 1. The second-order valence-electron chi connectivity index (χ2n) is 4.64. The molecule has 2 unspecified atom stereocenters. The number of aromatic nitrogens is 1. The van der Waals surface area contributed by atoms with Crippen LogP contribution in [0.25, 0.3) is 0 Å². The molecule has 98 valence electrons. The van der Waals surface area contributed by atoms with Crippen molar-refractivity contribution in [2.75, 3.05) is 18.9 Å². The molecule has 0 bridgehead atoms. The monoisotopic (exact) mass is 248 g/mol. The van der Waals surface area contributed by atoms with Gasteiger partial charge in [-0.05, 0) is 38.4 Å². The van der Waals surface area contributed by atoms with Gasteiger partial charge < -0.3 is 16.0 Å². The Morgan fingerprint density at radius 3 is 3.11 bits per heavy atom. The van der Waals surface area contributed by atoms with Crippen LogP contribution in [0.4, 0.5) is 5.69 Å². The third-order valence-corrected chi connectivity index (χ3v) is 3.33. The molecule has 1 aromatic rings. The molecule has 18 heavy (non-hydrogen) atoms. The van der Waals surface area contributed by atoms with Gasteiger partial charge >= 0.3 is 0 Å². The van der Waals surface area contributed by atoms with Gasteiger partial charge in [0.25, 0.3) is 5.91 Å². The van der Waals surface area contributed by atoms with Gasteiger partial charge in [0.15, 0.2) is 0 Å². The van der Waals surface area contributed by atoms with E-state index in [0.717, 1.165) is 18.7 Å². The van der Waals surface area contributed by atoms with Crippen LogP contribution in [-0.2, 0) is 0 Å². The fourth-order valence-corrected chi connectivity index (χ4v) is 2.23. The SMILES string of the molecule is CNC(=O)c1cc(NC2CCCNC2C)ccn1. The van der Waals surface area contributed by atoms with Crippen molar-refractivity contribution in [1.29, 1.82) is 0 Å². The average molecular weight is 248 g/mol. The molecule has 2 rings (SSSR count). The van der Waals surface area contributed by atoms with E-state index in [4.69, 9.17) is 0 Å². The number of amides is 1. The second kappa shape index (κ2) is 5.82. The van der Waals surface area contributed by atoms with Gasteiger partial charge in [-0.25, -0.2) is 0 Å². The summed E-state index contributed by atoms with van der Waals surface area (Å²) in [5, 5.41) is 9.49. The Labute approximate surface area is 107 Å². The first-order chi connectivity index (χ1) is 8.70. The highest BCUT2D eigenvalue weighted by Gasteiger charge is 2.20. The molecule has 0 aromatic carbocycles. The first kappa shape index (κ1) is 12.8. The minimum Gasteiger partial charge on any atom is -0.381 e. The van der Waals surface area contributed by atoms with Gasteiger partial charge in [-0.1, -0.05) is 0 Å². The van der Waals surface area contributed by atoms with Crippen LogP contribution in [0.5, 0.6) is 0 Å². The molecule has 0 saturated carbocycles. The molecule has 1 aliphatic heterocycles. The van der Waals surface area contributed by atoms with Crippen LogP contribution in [-0.4, -0.2) is 36.6 Å². The number of nitrogens with one attached hydrogen (secondary N) is 3. The van der Waals surface area contributed by atoms with Crippen molar-refractivity contribution in [1.82, 2.24) is 15.6 Å². The lowest BCUT2D eigenvalue weighted by atomic mass is 9.99. The summed E-state index contributed by atoms with van der Waals surface area (Å²) in [5.41, 5.74) is 1.39. The highest BCUT2D eigenvalue weighted by molar-refractivity contribution is 5.92. The zero-order chi connectivity index (χ0) is 13.0. The standard InChI is InChI=1S/C13H20N4O/c1-9-11(4-3-6-15-9)17-10-5-7-16-12(8-10)13(18)14-2/h5,7-9,11,15H,3-4,6H2,1-2H3,(H,14,18)(H,16,17). The van der Waals surface area contributed by atoms with Crippen molar-refractivity contribution in [3.05, 3.63) is 24.0 Å². The molecular weight excluding hydrogens is 228 g/mol. The lowest BCUT2D eigenvalue weighted by molar-refractivity contribution is 0.0958. The van der Waals surface area contributed by atoms with Crippen molar-refractivity contribution in [3.63, 3.8) is 0 Å². The van der Waals surface area contributed by atoms with Crippen LogP contribution in [0.1, 0.15) is 30.3 Å². The van der Waals surface area contributed by atoms with Gasteiger partial charge in [0.05, 0.1) is 0 Å². The molecule has 0 aliphatic carbocycles. The van der Waals surface area contributed by atoms with Gasteiger partial charge in [-0.3, -0.25) is 9.78 Å². The Morgan fingerprint density at radius 2 is 2.39 bits per heavy atom. The van der Waals surface area contributed by atoms with Crippen molar-refractivity contribution < 1.29 is 4.79 Å². The van der Waals surface area contributed by atoms with Gasteiger partial charge in [-0.15, -0.1) is 0 Å². The van der Waals surface area contributed by atoms with Crippen molar-refractivity contribution >= 4 is 11.6 Å². The smallest absolute Gasteiger partial charge is 0.269 e. The average Bonchev–Trinajstić information content (AvgIpc) is 2.41. The molecule has 1 aromatic heterocycles. The molecular formula is C13H20N4O. The van der Waals surface area contributed by atoms with E-state index in [1.54, 1.807) is 19.3 Å². The Bertz CT molecular complexity index is 421. The van der Waals surface area contributed by atoms with E-state index in [1.165, 1.54) is 6.42 Å². The van der Waals surface area contributed by atoms with Gasteiger partial charge in [0.2, 0.25) is 0 Å². The largest absolute Gasteiger partial charge is 0.381 e. The van der Waals surface area contributed by atoms with Crippen LogP contribution in [0.2, 0.25) is 0 Å². The number of piperidine rings is 1. The topological polar surface area (TPSA) is 66.1 Å². The fourth-order valence-electron chi connectivity index (χ4n) is 2.23. The zero-order valence-electron chi connectivity index (χ0n) is 10.9. The number of nitrogens with zero attached hydrogens (tertiary/aromatic N) is 1. The van der Waals surface area contributed by atoms with Crippen LogP contribution in [0, 0.1) is 0 Å². The molecule has 3 N–H and O–H groups in total. The maximum atomic E-state index is 11.5. The minimum absolute atomic E-state index is 0.159. The maximum Gasteiger partial charge on any atom is 0.269 e. The molecule has 1 amide bonds. The Hall–Kier alpha value is -1.62. The number of pyridine rings is 1. The lowest BCUT2D eigenvalue weighted by Gasteiger charge is -2.31. The fraction of sp³-hybridized carbons (Fsp3) is 0.538. The molecule has 0 spiro atoms. The van der Waals surface area contributed by atoms with E-state index in [-0.39, 0.29) is 5.91 Å². The van der Waals surface area contributed by atoms with Crippen LogP contribution in [0.3, 0.4) is 0 Å². The summed E-state index contributed by atoms with van der Waals surface area (Å²) < 4.78 is 0. The summed E-state index contributed by atoms with van der Waals surface area (Å²) in [6.07, 6.45) is 3.98. The molecule has 2 atom stereocenters. The van der Waals surface area contributed by atoms with E-state index >= 15 is 0 Å². The predicted octanol–water partition coefficient (Wildman–Crippen LogP) is 0.994. The number of rotatable bonds is 3. The molecule has 5 heteroatoms. The summed E-state index contributed by atoms with van der Waals surface area (Å²) in [6.45, 7) is 3.26. The third-order valence-electron chi connectivity index (χ3n) is 3.33. The molecule has 2 heterocycles. The third kappa shape index (κ3) is 2.98. The molecule has 0 radical (unpaired) electrons. The first-order valence-corrected chi connectivity index (χ1v) is 6.39. The van der Waals surface area contributed by atoms with Crippen LogP contribution in [0.15, 0.2) is 18.3 Å². The summed E-state index contributed by atoms with van der Waals surface area (Å²) in [6, 6.07) is 4.53. The summed E-state index contributed by atoms with van der Waals surface area (Å²) in [4.78, 5) is 15.6. The molecule has 1 aliphatic rings. The van der Waals surface area contributed by atoms with E-state index in [2.05, 4.69) is 27.9 Å². The first-order valence-electron chi connectivity index (χ1n) is 6.39. The highest BCUT2D eigenvalue weighted by Crippen LogP contribution is 2.16. The van der Waals surface area contributed by atoms with E-state index in [1.807, 2.05) is 6.07 Å². The lowest BCUT2D eigenvalue weighted by Crippen LogP contribution is -2.46. The minimum atomic E-state index is -0.159. The highest BCUT2D eigenvalue weighted by atomic mass is 16.1. The summed E-state index contributed by atoms with van der Waals surface area (Å²) in [5.74, 6) is -0.159. The van der Waals surface area contributed by atoms with E-state index in [0.29, 0.717) is 17.8 Å². The number of carbonyl (C=O) groups excluding carboxylic acids is 1. The molecule has 1 saturated heterocycles. The summed E-state index contributed by atoms with van der Waals surface area (Å²) >= 11 is 0. The van der Waals surface area contributed by atoms with Gasteiger partial charge in [0, 0.05) is 31.0 Å². The zero-order valence-corrected chi connectivity index (χ0v) is 10.9. The van der Waals surface area contributed by atoms with Crippen molar-refractivity contribution in [2.24, 2.45) is 0 Å². The quantitative estimate of drug-likeness (QED) is 0.746. The number of hydrogen-bond donors (Lipinski definition) is 3. The van der Waals surface area contributed by atoms with Crippen LogP contribution >= 0.6 is 0 Å². The van der Waals surface area contributed by atoms with Crippen molar-refractivity contribution in [3.8, 4) is 0 Å². The predicted molar refractivity (Wildman–Crippen MR) is 71.7 cm³/mol. The molecule has 5 nitrogen and oxygen atoms in total. The summed E-state index contributed by atoms with van der Waals surface area (Å²) in [7, 11) is 1.61. The number of anilines is 1. The number of hydrogen-bond acceptors (Lipinski definition) is 4. The van der Waals surface area contributed by atoms with Gasteiger partial charge in [0.1, 0.15) is 5.69 Å². The van der Waals surface area contributed by atoms with E-state index in [9.17, 15) is 4.79 Å². The maximum absolute atomic E-state index is 11.5. The normalized spacial score (nSPS) is 23.4.